The van der Waals surface area contributed by atoms with Crippen LogP contribution >= 0.6 is 0 Å². The molecule has 1 aromatic carbocycles. The molecular formula is C16H15N5O4. The van der Waals surface area contributed by atoms with E-state index in [1.54, 1.807) is 31.1 Å². The third-order valence-corrected chi connectivity index (χ3v) is 3.94. The molecule has 1 aromatic heterocycles. The average molecular weight is 341 g/mol. The lowest BCUT2D eigenvalue weighted by atomic mass is 10.1. The van der Waals surface area contributed by atoms with Gasteiger partial charge in [0.15, 0.2) is 0 Å². The maximum Gasteiger partial charge on any atom is 0.262 e. The Morgan fingerprint density at radius 1 is 1.12 bits per heavy atom. The number of imide groups is 1. The number of nitrogens with zero attached hydrogens (tertiary/aromatic N) is 2. The minimum atomic E-state index is -0.675. The fourth-order valence-electron chi connectivity index (χ4n) is 2.80. The Hall–Kier alpha value is -3.62. The van der Waals surface area contributed by atoms with Gasteiger partial charge in [0.05, 0.1) is 22.4 Å². The third kappa shape index (κ3) is 2.42. The minimum Gasteiger partial charge on any atom is -0.384 e. The summed E-state index contributed by atoms with van der Waals surface area (Å²) in [6.07, 6.45) is 0. The molecule has 0 radical (unpaired) electrons. The predicted molar refractivity (Wildman–Crippen MR) is 91.1 cm³/mol. The molecule has 0 saturated carbocycles. The van der Waals surface area contributed by atoms with E-state index in [1.807, 2.05) is 0 Å². The number of hydrogen-bond acceptors (Lipinski definition) is 6. The minimum absolute atomic E-state index is 0.0659. The van der Waals surface area contributed by atoms with Crippen molar-refractivity contribution in [3.05, 3.63) is 51.3 Å². The van der Waals surface area contributed by atoms with Crippen LogP contribution in [0.25, 0.3) is 5.69 Å². The molecule has 0 bridgehead atoms. The summed E-state index contributed by atoms with van der Waals surface area (Å²) in [5, 5.41) is 2.09. The van der Waals surface area contributed by atoms with Gasteiger partial charge in [0.1, 0.15) is 5.82 Å². The lowest BCUT2D eigenvalue weighted by molar-refractivity contribution is 0.0878. The van der Waals surface area contributed by atoms with E-state index in [0.717, 1.165) is 10.6 Å². The van der Waals surface area contributed by atoms with E-state index < -0.39 is 23.3 Å². The molecule has 25 heavy (non-hydrogen) atoms. The molecule has 9 heteroatoms. The zero-order chi connectivity index (χ0) is 18.5. The Kier molecular flexibility index (Phi) is 3.56. The fraction of sp³-hybridized carbons (Fsp3) is 0.125. The Labute approximate surface area is 141 Å². The second-order valence-corrected chi connectivity index (χ2v) is 5.74. The standard InChI is InChI=1S/C16H15N5O4/c1-20(2)10-4-3-7(5-8(10)14(18)23)21-11(22)6-9-12(13(21)17)16(25)19-15(9)24/h3-6H,17H2,1-2H3,(H2,18,23)(H,19,24,25). The molecule has 0 spiro atoms. The molecule has 2 heterocycles. The van der Waals surface area contributed by atoms with Gasteiger partial charge in [-0.15, -0.1) is 0 Å². The number of nitrogen functional groups attached to an aromatic ring is 1. The van der Waals surface area contributed by atoms with Crippen molar-refractivity contribution in [3.8, 4) is 5.69 Å². The van der Waals surface area contributed by atoms with E-state index in [2.05, 4.69) is 5.32 Å². The second kappa shape index (κ2) is 5.48. The summed E-state index contributed by atoms with van der Waals surface area (Å²) in [6.45, 7) is 0. The molecule has 1 aliphatic rings. The molecule has 0 saturated heterocycles. The first-order valence-corrected chi connectivity index (χ1v) is 7.25. The van der Waals surface area contributed by atoms with Gasteiger partial charge in [-0.3, -0.25) is 29.1 Å². The van der Waals surface area contributed by atoms with E-state index in [1.165, 1.54) is 6.07 Å². The highest BCUT2D eigenvalue weighted by atomic mass is 16.2. The first kappa shape index (κ1) is 16.2. The number of amides is 3. The molecule has 3 amide bonds. The van der Waals surface area contributed by atoms with Gasteiger partial charge in [-0.1, -0.05) is 0 Å². The number of fused-ring (bicyclic) bond motifs is 1. The molecule has 128 valence electrons. The number of aromatic nitrogens is 1. The van der Waals surface area contributed by atoms with Gasteiger partial charge in [-0.2, -0.15) is 0 Å². The van der Waals surface area contributed by atoms with E-state index in [4.69, 9.17) is 11.5 Å². The highest BCUT2D eigenvalue weighted by Crippen LogP contribution is 2.26. The smallest absolute Gasteiger partial charge is 0.262 e. The average Bonchev–Trinajstić information content (AvgIpc) is 2.81. The first-order valence-electron chi connectivity index (χ1n) is 7.25. The maximum absolute atomic E-state index is 12.4. The van der Waals surface area contributed by atoms with Crippen molar-refractivity contribution in [3.63, 3.8) is 0 Å². The summed E-state index contributed by atoms with van der Waals surface area (Å²) < 4.78 is 1.06. The van der Waals surface area contributed by atoms with E-state index in [0.29, 0.717) is 5.69 Å². The number of primary amides is 1. The number of nitrogens with two attached hydrogens (primary N) is 2. The number of nitrogens with one attached hydrogen (secondary N) is 1. The topological polar surface area (TPSA) is 141 Å². The molecular weight excluding hydrogens is 326 g/mol. The zero-order valence-electron chi connectivity index (χ0n) is 13.5. The summed E-state index contributed by atoms with van der Waals surface area (Å²) in [6, 6.07) is 5.63. The van der Waals surface area contributed by atoms with Crippen LogP contribution in [-0.4, -0.2) is 36.4 Å². The summed E-state index contributed by atoms with van der Waals surface area (Å²) in [5.41, 5.74) is 11.7. The van der Waals surface area contributed by atoms with Crippen molar-refractivity contribution in [2.75, 3.05) is 24.7 Å². The van der Waals surface area contributed by atoms with Gasteiger partial charge < -0.3 is 16.4 Å². The largest absolute Gasteiger partial charge is 0.384 e. The number of hydrogen-bond donors (Lipinski definition) is 3. The van der Waals surface area contributed by atoms with Crippen LogP contribution in [0.1, 0.15) is 31.1 Å². The molecule has 3 rings (SSSR count). The van der Waals surface area contributed by atoms with Crippen LogP contribution in [0.15, 0.2) is 29.1 Å². The number of rotatable bonds is 3. The molecule has 0 fully saturated rings. The summed E-state index contributed by atoms with van der Waals surface area (Å²) in [4.78, 5) is 49.4. The van der Waals surface area contributed by atoms with Crippen LogP contribution in [0.2, 0.25) is 0 Å². The maximum atomic E-state index is 12.4. The Bertz CT molecular complexity index is 1010. The van der Waals surface area contributed by atoms with Crippen LogP contribution in [0.3, 0.4) is 0 Å². The molecule has 9 nitrogen and oxygen atoms in total. The molecule has 2 aromatic rings. The highest BCUT2D eigenvalue weighted by molar-refractivity contribution is 6.23. The van der Waals surface area contributed by atoms with Crippen molar-refractivity contribution in [1.82, 2.24) is 9.88 Å². The first-order chi connectivity index (χ1) is 11.7. The zero-order valence-corrected chi connectivity index (χ0v) is 13.5. The number of pyridine rings is 1. The number of carbonyl (C=O) groups is 3. The summed E-state index contributed by atoms with van der Waals surface area (Å²) >= 11 is 0. The van der Waals surface area contributed by atoms with Gasteiger partial charge >= 0.3 is 0 Å². The normalized spacial score (nSPS) is 12.7. The van der Waals surface area contributed by atoms with E-state index in [9.17, 15) is 19.2 Å². The summed E-state index contributed by atoms with van der Waals surface area (Å²) in [5.74, 6) is -2.20. The van der Waals surface area contributed by atoms with Crippen molar-refractivity contribution >= 4 is 29.2 Å². The van der Waals surface area contributed by atoms with E-state index >= 15 is 0 Å². The molecule has 1 aliphatic heterocycles. The highest BCUT2D eigenvalue weighted by Gasteiger charge is 2.32. The molecule has 0 unspecified atom stereocenters. The number of carbonyl (C=O) groups excluding carboxylic acids is 3. The monoisotopic (exact) mass is 341 g/mol. The van der Waals surface area contributed by atoms with Crippen molar-refractivity contribution in [2.24, 2.45) is 5.73 Å². The van der Waals surface area contributed by atoms with Gasteiger partial charge in [0.2, 0.25) is 0 Å². The van der Waals surface area contributed by atoms with Gasteiger partial charge in [-0.05, 0) is 18.2 Å². The Morgan fingerprint density at radius 2 is 1.80 bits per heavy atom. The van der Waals surface area contributed by atoms with Gasteiger partial charge in [0, 0.05) is 25.8 Å². The van der Waals surface area contributed by atoms with E-state index in [-0.39, 0.29) is 28.2 Å². The Morgan fingerprint density at radius 3 is 2.40 bits per heavy atom. The van der Waals surface area contributed by atoms with Crippen LogP contribution in [0.5, 0.6) is 0 Å². The lowest BCUT2D eigenvalue weighted by Crippen LogP contribution is -2.25. The van der Waals surface area contributed by atoms with Crippen LogP contribution in [0, 0.1) is 0 Å². The third-order valence-electron chi connectivity index (χ3n) is 3.94. The van der Waals surface area contributed by atoms with Crippen molar-refractivity contribution in [1.29, 1.82) is 0 Å². The fourth-order valence-corrected chi connectivity index (χ4v) is 2.80. The number of benzene rings is 1. The Balaban J connectivity index is 2.29. The second-order valence-electron chi connectivity index (χ2n) is 5.74. The van der Waals surface area contributed by atoms with Crippen molar-refractivity contribution in [2.45, 2.75) is 0 Å². The van der Waals surface area contributed by atoms with Crippen LogP contribution in [-0.2, 0) is 0 Å². The quantitative estimate of drug-likeness (QED) is 0.641. The van der Waals surface area contributed by atoms with Crippen LogP contribution < -0.4 is 27.2 Å². The SMILES string of the molecule is CN(C)c1ccc(-n2c(N)c3c(cc2=O)C(=O)NC3=O)cc1C(N)=O. The van der Waals surface area contributed by atoms with Crippen LogP contribution in [0.4, 0.5) is 11.5 Å². The molecule has 0 aliphatic carbocycles. The van der Waals surface area contributed by atoms with Gasteiger partial charge in [-0.25, -0.2) is 0 Å². The summed E-state index contributed by atoms with van der Waals surface area (Å²) in [7, 11) is 3.49. The number of anilines is 2. The van der Waals surface area contributed by atoms with Crippen molar-refractivity contribution < 1.29 is 14.4 Å². The predicted octanol–water partition coefficient (Wildman–Crippen LogP) is -0.532. The molecule has 5 N–H and O–H groups in total. The molecule has 0 atom stereocenters. The lowest BCUT2D eigenvalue weighted by Gasteiger charge is -2.18. The van der Waals surface area contributed by atoms with Gasteiger partial charge in [0.25, 0.3) is 23.3 Å².